The number of furan rings is 1. The lowest BCUT2D eigenvalue weighted by Crippen LogP contribution is -2.51. The Bertz CT molecular complexity index is 2090. The maximum atomic E-state index is 17.3. The first-order valence-electron chi connectivity index (χ1n) is 16.2. The number of aromatic nitrogens is 2. The topological polar surface area (TPSA) is 86.9 Å². The molecular weight excluding hydrogens is 614 g/mol. The summed E-state index contributed by atoms with van der Waals surface area (Å²) in [5.41, 5.74) is -0.649. The van der Waals surface area contributed by atoms with E-state index in [1.807, 2.05) is 0 Å². The van der Waals surface area contributed by atoms with Crippen LogP contribution in [0.5, 0.6) is 11.8 Å². The SMILES string of the molecule is Cc1cc2c(o1)c(-c1cc(O)cc3ccc(F)c(F)c13)c(F)c1nc(OC[C@@]34CCCN3C[C@H](F)C4)nc(N3C[C@H]4CC[C@@H](C3)N4)c12. The van der Waals surface area contributed by atoms with E-state index in [0.29, 0.717) is 48.4 Å². The Morgan fingerprint density at radius 3 is 2.66 bits per heavy atom. The molecule has 2 aromatic heterocycles. The van der Waals surface area contributed by atoms with Crippen LogP contribution in [0.1, 0.15) is 37.9 Å². The van der Waals surface area contributed by atoms with Crippen molar-refractivity contribution in [3.05, 3.63) is 53.5 Å². The Morgan fingerprint density at radius 2 is 1.85 bits per heavy atom. The molecule has 3 aromatic carbocycles. The Morgan fingerprint density at radius 1 is 1.04 bits per heavy atom. The van der Waals surface area contributed by atoms with Gasteiger partial charge in [-0.15, -0.1) is 0 Å². The Kier molecular flexibility index (Phi) is 6.43. The van der Waals surface area contributed by atoms with Gasteiger partial charge < -0.3 is 24.5 Å². The summed E-state index contributed by atoms with van der Waals surface area (Å²) in [5.74, 6) is -2.39. The summed E-state index contributed by atoms with van der Waals surface area (Å²) in [6.07, 6.45) is 3.17. The Balaban J connectivity index is 1.29. The van der Waals surface area contributed by atoms with Crippen LogP contribution in [0.4, 0.5) is 23.4 Å². The highest BCUT2D eigenvalue weighted by molar-refractivity contribution is 6.17. The van der Waals surface area contributed by atoms with E-state index in [-0.39, 0.29) is 63.4 Å². The average molecular weight is 648 g/mol. The zero-order chi connectivity index (χ0) is 32.2. The van der Waals surface area contributed by atoms with E-state index in [2.05, 4.69) is 20.1 Å². The number of alkyl halides is 1. The molecule has 12 heteroatoms. The number of aromatic hydroxyl groups is 1. The Labute approximate surface area is 267 Å². The molecule has 8 nitrogen and oxygen atoms in total. The van der Waals surface area contributed by atoms with Crippen LogP contribution in [0.3, 0.4) is 0 Å². The first-order chi connectivity index (χ1) is 22.7. The first kappa shape index (κ1) is 29.0. The molecule has 0 saturated carbocycles. The highest BCUT2D eigenvalue weighted by Gasteiger charge is 2.49. The standard InChI is InChI=1S/C35H33F4N5O3/c1-17-9-24-28-31(30(39)27(32(24)47-17)23-11-22(45)10-18-3-6-25(37)29(38)26(18)23)41-34(42-33(28)43-14-20-4-5-21(15-43)40-20)46-16-35-7-2-8-44(35)13-19(36)12-35/h3,6,9-11,19-21,40,45H,2,4-5,7-8,12-16H2,1H3/t19-,20-,21+,35+/m1/s1. The van der Waals surface area contributed by atoms with Crippen LogP contribution in [0.25, 0.3) is 43.8 Å². The zero-order valence-corrected chi connectivity index (χ0v) is 25.8. The lowest BCUT2D eigenvalue weighted by molar-refractivity contribution is 0.107. The number of anilines is 1. The van der Waals surface area contributed by atoms with Gasteiger partial charge in [0.25, 0.3) is 0 Å². The monoisotopic (exact) mass is 647 g/mol. The van der Waals surface area contributed by atoms with Gasteiger partial charge in [0.2, 0.25) is 0 Å². The van der Waals surface area contributed by atoms with Crippen molar-refractivity contribution in [1.29, 1.82) is 0 Å². The van der Waals surface area contributed by atoms with Crippen molar-refractivity contribution < 1.29 is 31.8 Å². The van der Waals surface area contributed by atoms with Crippen LogP contribution < -0.4 is 15.0 Å². The summed E-state index contributed by atoms with van der Waals surface area (Å²) in [4.78, 5) is 13.8. The lowest BCUT2D eigenvalue weighted by atomic mass is 9.94. The third-order valence-electron chi connectivity index (χ3n) is 10.7. The third-order valence-corrected chi connectivity index (χ3v) is 10.7. The largest absolute Gasteiger partial charge is 0.508 e. The van der Waals surface area contributed by atoms with Crippen molar-refractivity contribution in [3.8, 4) is 22.9 Å². The van der Waals surface area contributed by atoms with Gasteiger partial charge in [0.05, 0.1) is 16.5 Å². The fourth-order valence-electron chi connectivity index (χ4n) is 8.67. The molecule has 4 saturated heterocycles. The predicted molar refractivity (Wildman–Crippen MR) is 169 cm³/mol. The second-order valence-corrected chi connectivity index (χ2v) is 13.7. The Hall–Kier alpha value is -4.16. The third kappa shape index (κ3) is 4.47. The molecule has 0 radical (unpaired) electrons. The molecule has 6 heterocycles. The predicted octanol–water partition coefficient (Wildman–Crippen LogP) is 6.52. The molecule has 244 valence electrons. The van der Waals surface area contributed by atoms with Crippen LogP contribution in [0.2, 0.25) is 0 Å². The van der Waals surface area contributed by atoms with E-state index >= 15 is 8.78 Å². The molecule has 4 aliphatic heterocycles. The van der Waals surface area contributed by atoms with Crippen molar-refractivity contribution in [3.63, 3.8) is 0 Å². The number of aryl methyl sites for hydroxylation is 1. The number of rotatable bonds is 5. The number of phenols is 1. The van der Waals surface area contributed by atoms with Gasteiger partial charge in [0.15, 0.2) is 17.5 Å². The van der Waals surface area contributed by atoms with Gasteiger partial charge in [-0.2, -0.15) is 9.97 Å². The van der Waals surface area contributed by atoms with Crippen LogP contribution in [-0.2, 0) is 0 Å². The van der Waals surface area contributed by atoms with Gasteiger partial charge in [0, 0.05) is 54.5 Å². The maximum absolute atomic E-state index is 17.3. The second-order valence-electron chi connectivity index (χ2n) is 13.7. The van der Waals surface area contributed by atoms with Gasteiger partial charge in [0.1, 0.15) is 41.2 Å². The zero-order valence-electron chi connectivity index (χ0n) is 25.8. The first-order valence-corrected chi connectivity index (χ1v) is 16.2. The molecule has 9 rings (SSSR count). The number of hydrogen-bond acceptors (Lipinski definition) is 8. The van der Waals surface area contributed by atoms with Crippen LogP contribution in [0.15, 0.2) is 34.7 Å². The number of ether oxygens (including phenoxy) is 1. The normalized spacial score (nSPS) is 25.9. The minimum atomic E-state index is -1.17. The van der Waals surface area contributed by atoms with Gasteiger partial charge in [-0.1, -0.05) is 6.07 Å². The van der Waals surface area contributed by atoms with Crippen molar-refractivity contribution >= 4 is 38.5 Å². The van der Waals surface area contributed by atoms with Crippen LogP contribution >= 0.6 is 0 Å². The van der Waals surface area contributed by atoms with Gasteiger partial charge in [-0.25, -0.2) is 17.6 Å². The summed E-state index contributed by atoms with van der Waals surface area (Å²) in [6, 6.07) is 7.03. The number of hydrogen-bond donors (Lipinski definition) is 2. The van der Waals surface area contributed by atoms with E-state index in [9.17, 15) is 13.9 Å². The molecule has 4 fully saturated rings. The van der Waals surface area contributed by atoms with Gasteiger partial charge >= 0.3 is 6.01 Å². The molecule has 4 aliphatic rings. The molecule has 0 amide bonds. The molecule has 0 aliphatic carbocycles. The summed E-state index contributed by atoms with van der Waals surface area (Å²) >= 11 is 0. The molecule has 0 spiro atoms. The van der Waals surface area contributed by atoms with E-state index in [0.717, 1.165) is 38.3 Å². The van der Waals surface area contributed by atoms with E-state index < -0.39 is 29.2 Å². The molecule has 0 unspecified atom stereocenters. The number of nitrogens with zero attached hydrogens (tertiary/aromatic N) is 4. The highest BCUT2D eigenvalue weighted by atomic mass is 19.2. The maximum Gasteiger partial charge on any atom is 0.319 e. The minimum Gasteiger partial charge on any atom is -0.508 e. The van der Waals surface area contributed by atoms with E-state index in [4.69, 9.17) is 14.1 Å². The summed E-state index contributed by atoms with van der Waals surface area (Å²) in [6.45, 7) is 4.33. The molecule has 4 atom stereocenters. The molecule has 47 heavy (non-hydrogen) atoms. The fraction of sp³-hybridized carbons (Fsp3) is 0.429. The highest BCUT2D eigenvalue weighted by Crippen LogP contribution is 2.47. The quantitative estimate of drug-likeness (QED) is 0.209. The fourth-order valence-corrected chi connectivity index (χ4v) is 8.67. The van der Waals surface area contributed by atoms with E-state index in [1.54, 1.807) is 13.0 Å². The van der Waals surface area contributed by atoms with Crippen LogP contribution in [0, 0.1) is 24.4 Å². The summed E-state index contributed by atoms with van der Waals surface area (Å²) < 4.78 is 74.3. The van der Waals surface area contributed by atoms with Gasteiger partial charge in [-0.3, -0.25) is 4.90 Å². The van der Waals surface area contributed by atoms with Gasteiger partial charge in [-0.05, 0) is 68.8 Å². The lowest BCUT2D eigenvalue weighted by Gasteiger charge is -2.35. The van der Waals surface area contributed by atoms with Crippen molar-refractivity contribution in [2.75, 3.05) is 37.7 Å². The average Bonchev–Trinajstić information content (AvgIpc) is 3.79. The van der Waals surface area contributed by atoms with Crippen LogP contribution in [-0.4, -0.2) is 76.6 Å². The van der Waals surface area contributed by atoms with Crippen molar-refractivity contribution in [1.82, 2.24) is 20.2 Å². The summed E-state index contributed by atoms with van der Waals surface area (Å²) in [5, 5.41) is 15.2. The van der Waals surface area contributed by atoms with Crippen molar-refractivity contribution in [2.45, 2.75) is 62.8 Å². The number of halogens is 4. The number of phenolic OH excluding ortho intramolecular Hbond substituents is 1. The van der Waals surface area contributed by atoms with Crippen molar-refractivity contribution in [2.24, 2.45) is 0 Å². The minimum absolute atomic E-state index is 0.0377. The number of fused-ring (bicyclic) bond motifs is 7. The molecule has 2 N–H and O–H groups in total. The molecule has 2 bridgehead atoms. The number of nitrogens with one attached hydrogen (secondary N) is 1. The molecule has 5 aromatic rings. The number of piperazine rings is 1. The second kappa shape index (κ2) is 10.4. The van der Waals surface area contributed by atoms with E-state index in [1.165, 1.54) is 18.2 Å². The molecular formula is C35H33F4N5O3. The number of benzene rings is 3. The smallest absolute Gasteiger partial charge is 0.319 e. The summed E-state index contributed by atoms with van der Waals surface area (Å²) in [7, 11) is 0.